The maximum atomic E-state index is 15.3. The monoisotopic (exact) mass is 1490 g/mol. The molecule has 27 N–H and O–H groups in total. The molecule has 4 aromatic heterocycles. The van der Waals surface area contributed by atoms with E-state index in [1.165, 1.54) is 49.6 Å². The van der Waals surface area contributed by atoms with E-state index in [1.807, 2.05) is 0 Å². The molecule has 40 nitrogen and oxygen atoms in total. The molecule has 6 heterocycles. The lowest BCUT2D eigenvalue weighted by atomic mass is 9.96. The Kier molecular flexibility index (Phi) is 31.1. The fraction of sp³-hybridized carbons (Fsp3) is 0.656. The number of thiazole rings is 2. The third-order valence-corrected chi connectivity index (χ3v) is 19.2. The molecule has 8 amide bonds. The Morgan fingerprint density at radius 3 is 2.09 bits per heavy atom. The number of aliphatic hydroxyl groups excluding tert-OH is 7. The van der Waals surface area contributed by atoms with E-state index in [-0.39, 0.29) is 61.2 Å². The van der Waals surface area contributed by atoms with Crippen molar-refractivity contribution in [1.29, 1.82) is 0 Å². The quantitative estimate of drug-likeness (QED) is 0.0183. The number of nitrogen functional groups attached to an aromatic ring is 1. The summed E-state index contributed by atoms with van der Waals surface area (Å²) in [6.45, 7) is 7.70. The van der Waals surface area contributed by atoms with Gasteiger partial charge in [-0.3, -0.25) is 33.6 Å². The number of nitrogens with zero attached hydrogens (tertiary/aromatic N) is 5. The summed E-state index contributed by atoms with van der Waals surface area (Å²) in [5, 5.41) is 115. The Bertz CT molecular complexity index is 3470. The van der Waals surface area contributed by atoms with Crippen LogP contribution < -0.4 is 71.2 Å². The van der Waals surface area contributed by atoms with Gasteiger partial charge in [0, 0.05) is 43.4 Å². The number of ether oxygens (including phenoxy) is 5. The van der Waals surface area contributed by atoms with Gasteiger partial charge < -0.3 is 141 Å². The molecule has 0 spiro atoms. The van der Waals surface area contributed by atoms with E-state index < -0.39 is 182 Å². The second-order valence-electron chi connectivity index (χ2n) is 25.1. The molecule has 1 saturated carbocycles. The maximum absolute atomic E-state index is 15.3. The van der Waals surface area contributed by atoms with Crippen LogP contribution in [0.15, 0.2) is 24.1 Å². The van der Waals surface area contributed by atoms with Crippen LogP contribution in [0.5, 0.6) is 0 Å². The number of imidazole rings is 1. The average Bonchev–Trinajstić information content (AvgIpc) is 1.69. The average molecular weight is 1490 g/mol. The summed E-state index contributed by atoms with van der Waals surface area (Å²) in [6, 6.07) is -7.79. The van der Waals surface area contributed by atoms with Crippen molar-refractivity contribution in [1.82, 2.24) is 72.4 Å². The molecule has 103 heavy (non-hydrogen) atoms. The number of aliphatic hydroxyl groups is 8. The van der Waals surface area contributed by atoms with Crippen LogP contribution in [-0.2, 0) is 54.1 Å². The predicted octanol–water partition coefficient (Wildman–Crippen LogP) is -7.07. The van der Waals surface area contributed by atoms with Gasteiger partial charge in [-0.15, -0.1) is 22.7 Å². The first-order valence-corrected chi connectivity index (χ1v) is 35.1. The van der Waals surface area contributed by atoms with E-state index in [4.69, 9.17) is 52.4 Å². The van der Waals surface area contributed by atoms with Crippen LogP contribution in [0.1, 0.15) is 120 Å². The van der Waals surface area contributed by atoms with Crippen molar-refractivity contribution in [2.45, 2.75) is 188 Å². The van der Waals surface area contributed by atoms with Crippen LogP contribution in [0, 0.1) is 12.8 Å². The van der Waals surface area contributed by atoms with E-state index in [0.717, 1.165) is 64.4 Å². The number of nitrogens with one attached hydrogen (secondary N) is 9. The van der Waals surface area contributed by atoms with Crippen LogP contribution in [0.3, 0.4) is 0 Å². The number of anilines is 1. The van der Waals surface area contributed by atoms with Gasteiger partial charge in [0.15, 0.2) is 18.7 Å². The Labute approximate surface area is 598 Å². The van der Waals surface area contributed by atoms with Gasteiger partial charge in [-0.05, 0) is 72.1 Å². The number of hydrogen-bond donors (Lipinski definition) is 22. The minimum atomic E-state index is -2.20. The van der Waals surface area contributed by atoms with Gasteiger partial charge in [0.05, 0.1) is 78.4 Å². The first-order valence-electron chi connectivity index (χ1n) is 33.4. The van der Waals surface area contributed by atoms with E-state index in [9.17, 15) is 74.4 Å². The molecule has 2 saturated heterocycles. The van der Waals surface area contributed by atoms with Crippen molar-refractivity contribution < 1.29 is 103 Å². The molecule has 0 bridgehead atoms. The highest BCUT2D eigenvalue weighted by Crippen LogP contribution is 2.39. The third kappa shape index (κ3) is 22.6. The fourth-order valence-electron chi connectivity index (χ4n) is 11.0. The van der Waals surface area contributed by atoms with Crippen LogP contribution in [0.25, 0.3) is 10.7 Å². The highest BCUT2D eigenvalue weighted by atomic mass is 32.1. The molecule has 1 aliphatic carbocycles. The van der Waals surface area contributed by atoms with Crippen molar-refractivity contribution in [3.8, 4) is 10.7 Å². The smallest absolute Gasteiger partial charge is 0.404 e. The van der Waals surface area contributed by atoms with Crippen LogP contribution >= 0.6 is 22.7 Å². The normalized spacial score (nSPS) is 23.9. The van der Waals surface area contributed by atoms with Crippen molar-refractivity contribution in [2.24, 2.45) is 28.9 Å². The lowest BCUT2D eigenvalue weighted by molar-refractivity contribution is -0.372. The molecule has 42 heteroatoms. The number of aromatic nitrogens is 6. The number of hydrogen-bond acceptors (Lipinski definition) is 33. The number of H-pyrrole nitrogens is 1. The second kappa shape index (κ2) is 38.9. The Morgan fingerprint density at radius 2 is 1.46 bits per heavy atom. The number of carbonyl (C=O) groups excluding carboxylic acids is 8. The molecule has 18 atom stereocenters. The number of primary amides is 3. The molecule has 0 aromatic carbocycles. The molecular weight excluding hydrogens is 1400 g/mol. The summed E-state index contributed by atoms with van der Waals surface area (Å²) >= 11 is 2.47. The summed E-state index contributed by atoms with van der Waals surface area (Å²) < 4.78 is 28.8. The van der Waals surface area contributed by atoms with Crippen LogP contribution in [0.4, 0.5) is 10.6 Å². The van der Waals surface area contributed by atoms with Gasteiger partial charge in [0.2, 0.25) is 29.5 Å². The standard InChI is InChI=1S/C61H95N19O21S2/c1-5-6-12-67-13-7-14-68-15-8-16-70-53(91)35-21-73-57(103-35)32-24-102-37(76-32)9-17-71-56(94)48(61(96)10-11-61)79-52(90)27(3)40(84)28(4)75-55(93)39(78-54(92)38-26(2)49(64)80-51(77-38)30(18-36(63)83)72-19-29(62)50(65)89)45(31-20-69-25-74-31)99-59-47(43(87)41(85)33(22-81)98-59)100-58-44(88)46(101-60(66)95)42(86)34(23-82)97-58/h20-21,24-25,27-30,33-34,39-48,58-59,67-68,72,81-82,84-88,96H,5-19,22-23,62H2,1-4H3,(H2,63,83)(H2,65,89)(H2,66,95)(H,69,74)(H,70,91)(H,71,94)(H,75,93)(H,78,92)(H,79,90)(H2,64,77,80). The topological polar surface area (TPSA) is 651 Å². The SMILES string of the molecule is CCCCNCCCNCCCNC(=O)c1cnc(-c2csc(CCNC(=O)C(NC(=O)C(C)C(O)C(C)NC(=O)C(NC(=O)c3nc(C(CC(N)=O)NCC(N)C(N)=O)nc(N)c3C)C(OC3OC(CO)C(O)C(O)C3OC3OC(CO)C(O)C(OC(N)=O)C3O)c3cnc[nH]3)C3(O)CC3)n2)s1. The van der Waals surface area contributed by atoms with Gasteiger partial charge in [0.25, 0.3) is 11.8 Å². The number of amides is 8. The lowest BCUT2D eigenvalue weighted by Crippen LogP contribution is -2.65. The predicted molar refractivity (Wildman–Crippen MR) is 362 cm³/mol. The zero-order valence-corrected chi connectivity index (χ0v) is 58.7. The summed E-state index contributed by atoms with van der Waals surface area (Å²) in [5.41, 5.74) is 26.2. The number of nitrogens with two attached hydrogens (primary N) is 5. The van der Waals surface area contributed by atoms with Crippen molar-refractivity contribution in [3.05, 3.63) is 56.8 Å². The minimum Gasteiger partial charge on any atom is -0.441 e. The molecule has 3 fully saturated rings. The number of carbonyl (C=O) groups is 8. The highest BCUT2D eigenvalue weighted by Gasteiger charge is 2.55. The zero-order valence-electron chi connectivity index (χ0n) is 57.0. The zero-order chi connectivity index (χ0) is 75.4. The molecule has 4 aromatic rings. The molecule has 18 unspecified atom stereocenters. The Balaban J connectivity index is 1.08. The summed E-state index contributed by atoms with van der Waals surface area (Å²) in [4.78, 5) is 132. The number of rotatable bonds is 42. The van der Waals surface area contributed by atoms with Gasteiger partial charge in [-0.25, -0.2) is 29.7 Å². The van der Waals surface area contributed by atoms with E-state index in [2.05, 4.69) is 79.4 Å². The number of unbranched alkanes of at least 4 members (excludes halogenated alkanes) is 1. The van der Waals surface area contributed by atoms with Gasteiger partial charge in [0.1, 0.15) is 93.8 Å². The van der Waals surface area contributed by atoms with E-state index in [0.29, 0.717) is 27.1 Å². The molecule has 2 aliphatic heterocycles. The maximum Gasteiger partial charge on any atom is 0.404 e. The van der Waals surface area contributed by atoms with Gasteiger partial charge in [-0.2, -0.15) is 0 Å². The van der Waals surface area contributed by atoms with Gasteiger partial charge in [-0.1, -0.05) is 20.3 Å². The Hall–Kier alpha value is -7.73. The molecule has 0 radical (unpaired) electrons. The van der Waals surface area contributed by atoms with Crippen LogP contribution in [-0.4, -0.2) is 275 Å². The van der Waals surface area contributed by atoms with E-state index >= 15 is 4.79 Å². The van der Waals surface area contributed by atoms with Crippen molar-refractivity contribution in [2.75, 3.05) is 64.8 Å². The summed E-state index contributed by atoms with van der Waals surface area (Å²) in [6.07, 6.45) is -17.8. The summed E-state index contributed by atoms with van der Waals surface area (Å²) in [5.74, 6) is -8.54. The molecule has 3 aliphatic rings. The fourth-order valence-corrected chi connectivity index (χ4v) is 12.6. The van der Waals surface area contributed by atoms with Crippen molar-refractivity contribution in [3.63, 3.8) is 0 Å². The lowest BCUT2D eigenvalue weighted by Gasteiger charge is -2.47. The largest absolute Gasteiger partial charge is 0.441 e. The highest BCUT2D eigenvalue weighted by molar-refractivity contribution is 7.17. The first kappa shape index (κ1) is 82.6. The van der Waals surface area contributed by atoms with Crippen LogP contribution in [0.2, 0.25) is 0 Å². The second-order valence-corrected chi connectivity index (χ2v) is 27.1. The first-order chi connectivity index (χ1) is 49.0. The number of aromatic amines is 1. The van der Waals surface area contributed by atoms with Crippen molar-refractivity contribution >= 4 is 75.9 Å². The minimum absolute atomic E-state index is 0.00604. The van der Waals surface area contributed by atoms with E-state index in [1.54, 1.807) is 5.38 Å². The Morgan fingerprint density at radius 1 is 0.786 bits per heavy atom. The van der Waals surface area contributed by atoms with Gasteiger partial charge >= 0.3 is 6.09 Å². The molecular formula is C61H95N19O21S2. The molecule has 7 rings (SSSR count). The third-order valence-electron chi connectivity index (χ3n) is 17.3. The summed E-state index contributed by atoms with van der Waals surface area (Å²) in [7, 11) is 0. The molecule has 572 valence electrons.